The SMILES string of the molecule is CC(C)c1nc2c(n1Cc1ccccc1-c1ccccc1-c1nn[nH]n1)C(=S)N=NC2=S. The normalized spacial score (nSPS) is 13.1. The molecule has 1 aliphatic rings. The van der Waals surface area contributed by atoms with Crippen molar-refractivity contribution < 1.29 is 0 Å². The molecule has 1 aliphatic heterocycles. The fraction of sp³-hybridized carbons (Fsp3) is 0.182. The Kier molecular flexibility index (Phi) is 5.24. The molecule has 0 spiro atoms. The third-order valence-corrected chi connectivity index (χ3v) is 5.85. The van der Waals surface area contributed by atoms with Crippen molar-refractivity contribution in [1.82, 2.24) is 30.2 Å². The second-order valence-electron chi connectivity index (χ2n) is 7.66. The highest BCUT2D eigenvalue weighted by Gasteiger charge is 2.28. The van der Waals surface area contributed by atoms with Crippen molar-refractivity contribution in [3.05, 3.63) is 71.3 Å². The number of thiocarbonyl (C=S) groups is 2. The monoisotopic (exact) mass is 458 g/mol. The summed E-state index contributed by atoms with van der Waals surface area (Å²) in [5.74, 6) is 1.61. The van der Waals surface area contributed by atoms with Gasteiger partial charge in [-0.25, -0.2) is 4.98 Å². The van der Waals surface area contributed by atoms with Gasteiger partial charge in [0.05, 0.1) is 6.54 Å². The van der Waals surface area contributed by atoms with E-state index in [9.17, 15) is 0 Å². The number of fused-ring (bicyclic) bond motifs is 1. The second-order valence-corrected chi connectivity index (χ2v) is 8.43. The summed E-state index contributed by atoms with van der Waals surface area (Å²) in [5, 5.41) is 22.7. The van der Waals surface area contributed by atoms with Crippen molar-refractivity contribution in [3.63, 3.8) is 0 Å². The van der Waals surface area contributed by atoms with E-state index in [-0.39, 0.29) is 5.92 Å². The van der Waals surface area contributed by atoms with Crippen LogP contribution in [0.15, 0.2) is 58.8 Å². The minimum Gasteiger partial charge on any atom is -0.321 e. The van der Waals surface area contributed by atoms with E-state index in [0.717, 1.165) is 33.8 Å². The number of benzene rings is 2. The molecule has 158 valence electrons. The van der Waals surface area contributed by atoms with E-state index in [1.807, 2.05) is 30.3 Å². The van der Waals surface area contributed by atoms with Crippen molar-refractivity contribution in [2.45, 2.75) is 26.3 Å². The first kappa shape index (κ1) is 20.4. The number of rotatable bonds is 5. The lowest BCUT2D eigenvalue weighted by Crippen LogP contribution is -2.16. The minimum atomic E-state index is 0.171. The summed E-state index contributed by atoms with van der Waals surface area (Å²) in [6.07, 6.45) is 0. The number of aromatic amines is 1. The summed E-state index contributed by atoms with van der Waals surface area (Å²) in [6, 6.07) is 16.3. The molecule has 4 aromatic rings. The predicted molar refractivity (Wildman–Crippen MR) is 129 cm³/mol. The van der Waals surface area contributed by atoms with E-state index in [1.54, 1.807) is 0 Å². The number of azo groups is 1. The summed E-state index contributed by atoms with van der Waals surface area (Å²) in [6.45, 7) is 4.76. The first-order valence-corrected chi connectivity index (χ1v) is 10.9. The molecule has 10 heteroatoms. The molecule has 8 nitrogen and oxygen atoms in total. The summed E-state index contributed by atoms with van der Waals surface area (Å²) in [5.41, 5.74) is 5.47. The molecule has 32 heavy (non-hydrogen) atoms. The molecule has 0 atom stereocenters. The van der Waals surface area contributed by atoms with Crippen LogP contribution >= 0.6 is 24.4 Å². The Morgan fingerprint density at radius 3 is 2.31 bits per heavy atom. The molecule has 0 unspecified atom stereocenters. The fourth-order valence-electron chi connectivity index (χ4n) is 3.90. The number of imidazole rings is 1. The molecular weight excluding hydrogens is 440 g/mol. The van der Waals surface area contributed by atoms with Crippen LogP contribution in [0.5, 0.6) is 0 Å². The lowest BCUT2D eigenvalue weighted by molar-refractivity contribution is 0.667. The summed E-state index contributed by atoms with van der Waals surface area (Å²) >= 11 is 10.9. The van der Waals surface area contributed by atoms with E-state index in [4.69, 9.17) is 29.4 Å². The van der Waals surface area contributed by atoms with Crippen LogP contribution in [-0.2, 0) is 6.54 Å². The first-order valence-electron chi connectivity index (χ1n) is 10.1. The summed E-state index contributed by atoms with van der Waals surface area (Å²) < 4.78 is 2.11. The van der Waals surface area contributed by atoms with Gasteiger partial charge in [-0.15, -0.1) is 20.4 Å². The first-order chi connectivity index (χ1) is 15.5. The van der Waals surface area contributed by atoms with E-state index < -0.39 is 0 Å². The van der Waals surface area contributed by atoms with Crippen molar-refractivity contribution in [3.8, 4) is 22.5 Å². The Morgan fingerprint density at radius 2 is 1.59 bits per heavy atom. The molecule has 0 saturated heterocycles. The van der Waals surface area contributed by atoms with E-state index in [1.165, 1.54) is 0 Å². The molecule has 3 heterocycles. The maximum Gasteiger partial charge on any atom is 0.205 e. The van der Waals surface area contributed by atoms with Gasteiger partial charge in [0.15, 0.2) is 9.98 Å². The van der Waals surface area contributed by atoms with E-state index >= 15 is 0 Å². The van der Waals surface area contributed by atoms with Gasteiger partial charge < -0.3 is 4.57 Å². The van der Waals surface area contributed by atoms with Crippen LogP contribution in [0.2, 0.25) is 0 Å². The average molecular weight is 459 g/mol. The number of H-pyrrole nitrogens is 1. The quantitative estimate of drug-likeness (QED) is 0.435. The van der Waals surface area contributed by atoms with Gasteiger partial charge in [0.25, 0.3) is 0 Å². The zero-order valence-corrected chi connectivity index (χ0v) is 19.0. The third kappa shape index (κ3) is 3.47. The van der Waals surface area contributed by atoms with Crippen molar-refractivity contribution in [1.29, 1.82) is 0 Å². The molecule has 5 rings (SSSR count). The molecular formula is C22H18N8S2. The largest absolute Gasteiger partial charge is 0.321 e. The number of hydrogen-bond donors (Lipinski definition) is 1. The van der Waals surface area contributed by atoms with Crippen LogP contribution < -0.4 is 0 Å². The van der Waals surface area contributed by atoms with E-state index in [0.29, 0.717) is 28.0 Å². The van der Waals surface area contributed by atoms with Gasteiger partial charge in [-0.1, -0.05) is 86.8 Å². The van der Waals surface area contributed by atoms with Gasteiger partial charge in [0.2, 0.25) is 5.82 Å². The predicted octanol–water partition coefficient (Wildman–Crippen LogP) is 4.72. The van der Waals surface area contributed by atoms with Crippen LogP contribution in [0.1, 0.15) is 42.5 Å². The van der Waals surface area contributed by atoms with Gasteiger partial charge in [-0.2, -0.15) is 5.21 Å². The Morgan fingerprint density at radius 1 is 0.906 bits per heavy atom. The van der Waals surface area contributed by atoms with Crippen molar-refractivity contribution in [2.75, 3.05) is 0 Å². The van der Waals surface area contributed by atoms with Gasteiger partial charge in [-0.05, 0) is 21.9 Å². The standard InChI is InChI=1S/C22H18N8S2/c1-12(2)20-23-17-18(22(32)27-26-21(17)31)30(20)11-13-7-3-4-8-14(13)15-9-5-6-10-16(15)19-24-28-29-25-19/h3-10,12H,11H2,1-2H3,(H,24,25,28,29). The van der Waals surface area contributed by atoms with Gasteiger partial charge >= 0.3 is 0 Å². The molecule has 2 aromatic heterocycles. The molecule has 2 aromatic carbocycles. The summed E-state index contributed by atoms with van der Waals surface area (Å²) in [4.78, 5) is 5.55. The second kappa shape index (κ2) is 8.21. The third-order valence-electron chi connectivity index (χ3n) is 5.30. The van der Waals surface area contributed by atoms with Gasteiger partial charge in [0.1, 0.15) is 17.2 Å². The molecule has 1 N–H and O–H groups in total. The number of tetrazole rings is 1. The molecule has 0 bridgehead atoms. The zero-order valence-electron chi connectivity index (χ0n) is 17.4. The number of nitrogens with one attached hydrogen (secondary N) is 1. The van der Waals surface area contributed by atoms with Crippen LogP contribution in [0.3, 0.4) is 0 Å². The minimum absolute atomic E-state index is 0.171. The summed E-state index contributed by atoms with van der Waals surface area (Å²) in [7, 11) is 0. The lowest BCUT2D eigenvalue weighted by Gasteiger charge is -2.17. The molecule has 0 fully saturated rings. The van der Waals surface area contributed by atoms with E-state index in [2.05, 4.69) is 67.5 Å². The Labute approximate surface area is 194 Å². The molecule has 0 amide bonds. The highest BCUT2D eigenvalue weighted by atomic mass is 32.1. The van der Waals surface area contributed by atoms with Crippen LogP contribution in [0.25, 0.3) is 22.5 Å². The van der Waals surface area contributed by atoms with Crippen molar-refractivity contribution >= 4 is 34.4 Å². The Hall–Kier alpha value is -3.50. The molecule has 0 saturated carbocycles. The van der Waals surface area contributed by atoms with Crippen LogP contribution in [0.4, 0.5) is 0 Å². The average Bonchev–Trinajstić information content (AvgIpc) is 3.46. The molecule has 0 aliphatic carbocycles. The lowest BCUT2D eigenvalue weighted by atomic mass is 9.95. The molecule has 0 radical (unpaired) electrons. The van der Waals surface area contributed by atoms with Crippen LogP contribution in [-0.4, -0.2) is 40.2 Å². The zero-order chi connectivity index (χ0) is 22.2. The number of nitrogens with zero attached hydrogens (tertiary/aromatic N) is 7. The van der Waals surface area contributed by atoms with Gasteiger partial charge in [0, 0.05) is 11.5 Å². The highest BCUT2D eigenvalue weighted by Crippen LogP contribution is 2.34. The smallest absolute Gasteiger partial charge is 0.205 e. The topological polar surface area (TPSA) is 97.0 Å². The fourth-order valence-corrected chi connectivity index (χ4v) is 4.33. The number of aromatic nitrogens is 6. The Balaban J connectivity index is 1.66. The Bertz CT molecular complexity index is 1370. The maximum absolute atomic E-state index is 5.51. The van der Waals surface area contributed by atoms with Crippen LogP contribution in [0, 0.1) is 0 Å². The number of hydrogen-bond acceptors (Lipinski definition) is 6. The highest BCUT2D eigenvalue weighted by molar-refractivity contribution is 7.81. The van der Waals surface area contributed by atoms with Crippen molar-refractivity contribution in [2.24, 2.45) is 10.2 Å². The van der Waals surface area contributed by atoms with Gasteiger partial charge in [-0.3, -0.25) is 0 Å². The maximum atomic E-state index is 5.51.